The van der Waals surface area contributed by atoms with Crippen LogP contribution in [0.25, 0.3) is 0 Å². The van der Waals surface area contributed by atoms with Crippen molar-refractivity contribution in [1.82, 2.24) is 0 Å². The minimum atomic E-state index is 0. The average molecular weight is 524 g/mol. The monoisotopic (exact) mass is 522 g/mol. The molecule has 0 amide bonds. The molecule has 0 aliphatic carbocycles. The first-order chi connectivity index (χ1) is 9.24. The third kappa shape index (κ3) is 7.27. The van der Waals surface area contributed by atoms with Crippen LogP contribution in [-0.4, -0.2) is 9.14 Å². The van der Waals surface area contributed by atoms with Crippen LogP contribution in [0.4, 0.5) is 0 Å². The summed E-state index contributed by atoms with van der Waals surface area (Å²) in [5.74, 6) is 0. The molecule has 4 unspecified atom stereocenters. The summed E-state index contributed by atoms with van der Waals surface area (Å²) in [6.45, 7) is 0. The van der Waals surface area contributed by atoms with Gasteiger partial charge in [0.1, 0.15) is 0 Å². The summed E-state index contributed by atoms with van der Waals surface area (Å²) in [7, 11) is 1.65. The molecular formula is C15H16Br2P2Pd. The molecule has 4 atom stereocenters. The fourth-order valence-corrected chi connectivity index (χ4v) is 7.69. The van der Waals surface area contributed by atoms with Gasteiger partial charge in [-0.05, 0) is 17.0 Å². The Labute approximate surface area is 155 Å². The van der Waals surface area contributed by atoms with Crippen molar-refractivity contribution in [3.8, 4) is 0 Å². The van der Waals surface area contributed by atoms with Crippen LogP contribution < -0.4 is 10.6 Å². The largest absolute Gasteiger partial charge is 0.0838 e. The van der Waals surface area contributed by atoms with Gasteiger partial charge in [0.25, 0.3) is 0 Å². The molecule has 0 aliphatic rings. The number of hydrogen-bond donors (Lipinski definition) is 0. The van der Waals surface area contributed by atoms with E-state index in [1.165, 1.54) is 10.6 Å². The second-order valence-electron chi connectivity index (χ2n) is 4.19. The van der Waals surface area contributed by atoms with Gasteiger partial charge in [-0.2, -0.15) is 0 Å². The van der Waals surface area contributed by atoms with Gasteiger partial charge in [0.2, 0.25) is 0 Å². The first-order valence-electron chi connectivity index (χ1n) is 6.15. The number of hydrogen-bond acceptors (Lipinski definition) is 0. The van der Waals surface area contributed by atoms with E-state index in [4.69, 9.17) is 0 Å². The molecule has 110 valence electrons. The molecule has 0 aliphatic heterocycles. The predicted octanol–water partition coefficient (Wildman–Crippen LogP) is 4.82. The summed E-state index contributed by atoms with van der Waals surface area (Å²) in [6.07, 6.45) is 1.15. The maximum atomic E-state index is 3.82. The molecule has 0 spiro atoms. The molecule has 20 heavy (non-hydrogen) atoms. The maximum absolute atomic E-state index is 3.82. The van der Waals surface area contributed by atoms with Crippen molar-refractivity contribution in [2.75, 3.05) is 0 Å². The van der Waals surface area contributed by atoms with Gasteiger partial charge in [-0.3, -0.25) is 0 Å². The molecule has 2 rings (SSSR count). The Morgan fingerprint density at radius 3 is 1.40 bits per heavy atom. The van der Waals surface area contributed by atoms with Gasteiger partial charge < -0.3 is 0 Å². The van der Waals surface area contributed by atoms with Crippen LogP contribution in [0.2, 0.25) is 0 Å². The molecule has 0 nitrogen and oxygen atoms in total. The van der Waals surface area contributed by atoms with E-state index in [-0.39, 0.29) is 20.4 Å². The number of halogens is 2. The topological polar surface area (TPSA) is 0 Å². The van der Waals surface area contributed by atoms with E-state index < -0.39 is 0 Å². The second kappa shape index (κ2) is 10.6. The Morgan fingerprint density at radius 1 is 0.700 bits per heavy atom. The molecule has 0 heterocycles. The van der Waals surface area contributed by atoms with Crippen LogP contribution >= 0.6 is 49.0 Å². The van der Waals surface area contributed by atoms with Gasteiger partial charge in [-0.25, -0.2) is 0 Å². The van der Waals surface area contributed by atoms with Crippen molar-refractivity contribution >= 4 is 59.6 Å². The maximum Gasteiger partial charge on any atom is 0.0373 e. The van der Waals surface area contributed by atoms with Crippen LogP contribution in [0.3, 0.4) is 0 Å². The van der Waals surface area contributed by atoms with E-state index in [1.54, 1.807) is 0 Å². The number of alkyl halides is 2. The van der Waals surface area contributed by atoms with Crippen molar-refractivity contribution in [2.45, 2.75) is 15.6 Å². The minimum absolute atomic E-state index is 0. The zero-order valence-corrected chi connectivity index (χ0v) is 17.4. The molecule has 0 radical (unpaired) electrons. The van der Waals surface area contributed by atoms with Crippen LogP contribution in [0, 0.1) is 0 Å². The molecule has 0 aromatic heterocycles. The third-order valence-corrected chi connectivity index (χ3v) is 7.16. The van der Waals surface area contributed by atoms with E-state index in [2.05, 4.69) is 92.5 Å². The molecule has 2 aromatic rings. The van der Waals surface area contributed by atoms with E-state index in [0.29, 0.717) is 9.14 Å². The first kappa shape index (κ1) is 19.0. The van der Waals surface area contributed by atoms with Crippen molar-refractivity contribution in [3.63, 3.8) is 0 Å². The Bertz CT molecular complexity index is 436. The van der Waals surface area contributed by atoms with E-state index >= 15 is 0 Å². The molecule has 0 N–H and O–H groups in total. The summed E-state index contributed by atoms with van der Waals surface area (Å²) in [4.78, 5) is 0. The van der Waals surface area contributed by atoms with Crippen LogP contribution in [0.5, 0.6) is 0 Å². The zero-order valence-electron chi connectivity index (χ0n) is 10.7. The molecule has 5 heteroatoms. The normalized spacial score (nSPS) is 14.5. The summed E-state index contributed by atoms with van der Waals surface area (Å²) in [6, 6.07) is 21.4. The zero-order chi connectivity index (χ0) is 13.5. The van der Waals surface area contributed by atoms with E-state index in [9.17, 15) is 0 Å². The Hall–Kier alpha value is 0.922. The van der Waals surface area contributed by atoms with E-state index in [1.807, 2.05) is 0 Å². The molecular weight excluding hydrogens is 508 g/mol. The van der Waals surface area contributed by atoms with Crippen LogP contribution in [-0.2, 0) is 20.4 Å². The molecule has 0 bridgehead atoms. The minimum Gasteiger partial charge on any atom is -0.0838 e. The van der Waals surface area contributed by atoms with Crippen LogP contribution in [0.15, 0.2) is 60.7 Å². The summed E-state index contributed by atoms with van der Waals surface area (Å²) < 4.78 is 1.10. The van der Waals surface area contributed by atoms with Crippen molar-refractivity contribution in [3.05, 3.63) is 60.7 Å². The molecule has 0 saturated heterocycles. The van der Waals surface area contributed by atoms with Gasteiger partial charge >= 0.3 is 0 Å². The standard InChI is InChI=1S/C15H16Br2P2.Pd/c16-14(18-12-7-3-1-4-8-12)11-15(17)19-13-9-5-2-6-10-13;/h1-10,14-15,18-19H,11H2;. The Balaban J connectivity index is 0.00000200. The second-order valence-corrected chi connectivity index (χ2v) is 11.2. The predicted molar refractivity (Wildman–Crippen MR) is 98.8 cm³/mol. The van der Waals surface area contributed by atoms with Gasteiger partial charge in [0, 0.05) is 29.6 Å². The smallest absolute Gasteiger partial charge is 0.0373 e. The summed E-state index contributed by atoms with van der Waals surface area (Å²) in [5.41, 5.74) is 0. The fraction of sp³-hybridized carbons (Fsp3) is 0.200. The van der Waals surface area contributed by atoms with Gasteiger partial charge in [0.05, 0.1) is 0 Å². The van der Waals surface area contributed by atoms with Crippen molar-refractivity contribution in [1.29, 1.82) is 0 Å². The summed E-state index contributed by atoms with van der Waals surface area (Å²) in [5, 5.41) is 2.85. The van der Waals surface area contributed by atoms with Gasteiger partial charge in [-0.15, -0.1) is 0 Å². The van der Waals surface area contributed by atoms with Crippen molar-refractivity contribution in [2.24, 2.45) is 0 Å². The Morgan fingerprint density at radius 2 is 1.05 bits per heavy atom. The number of benzene rings is 2. The average Bonchev–Trinajstić information content (AvgIpc) is 2.40. The Kier molecular flexibility index (Phi) is 10.1. The summed E-state index contributed by atoms with van der Waals surface area (Å²) >= 11 is 7.63. The number of rotatable bonds is 6. The third-order valence-electron chi connectivity index (χ3n) is 2.61. The quantitative estimate of drug-likeness (QED) is 0.289. The van der Waals surface area contributed by atoms with E-state index in [0.717, 1.165) is 23.6 Å². The van der Waals surface area contributed by atoms with Gasteiger partial charge in [-0.1, -0.05) is 110 Å². The molecule has 0 saturated carbocycles. The van der Waals surface area contributed by atoms with Crippen molar-refractivity contribution < 1.29 is 20.4 Å². The molecule has 0 fully saturated rings. The fourth-order valence-electron chi connectivity index (χ4n) is 1.73. The van der Waals surface area contributed by atoms with Gasteiger partial charge in [0.15, 0.2) is 0 Å². The molecule has 2 aromatic carbocycles. The van der Waals surface area contributed by atoms with Crippen LogP contribution in [0.1, 0.15) is 6.42 Å². The SMILES string of the molecule is BrC(CC(Br)Pc1ccccc1)Pc1ccccc1.[Pd]. The first-order valence-corrected chi connectivity index (χ1v) is 10.1.